The van der Waals surface area contributed by atoms with Crippen molar-refractivity contribution in [2.45, 2.75) is 12.8 Å². The molecule has 2 rings (SSSR count). The Bertz CT molecular complexity index is 432. The minimum Gasteiger partial charge on any atom is -0.341 e. The Labute approximate surface area is 120 Å². The molecule has 2 heterocycles. The van der Waals surface area contributed by atoms with Crippen molar-refractivity contribution in [2.24, 2.45) is 11.8 Å². The highest BCUT2D eigenvalue weighted by atomic mass is 32.2. The second-order valence-electron chi connectivity index (χ2n) is 4.70. The summed E-state index contributed by atoms with van der Waals surface area (Å²) in [4.78, 5) is 48.8. The number of imide groups is 1. The molecule has 0 spiro atoms. The third kappa shape index (κ3) is 3.10. The lowest BCUT2D eigenvalue weighted by Crippen LogP contribution is -2.48. The number of carbonyl (C=O) groups excluding carboxylic acids is 4. The highest BCUT2D eigenvalue weighted by Gasteiger charge is 2.34. The average molecular weight is 300 g/mol. The van der Waals surface area contributed by atoms with Gasteiger partial charge in [-0.25, -0.2) is 5.84 Å². The van der Waals surface area contributed by atoms with E-state index in [1.807, 2.05) is 0 Å². The highest BCUT2D eigenvalue weighted by Crippen LogP contribution is 2.20. The number of piperidine rings is 1. The van der Waals surface area contributed by atoms with Gasteiger partial charge < -0.3 is 4.90 Å². The maximum Gasteiger partial charge on any atom is 0.289 e. The third-order valence-electron chi connectivity index (χ3n) is 3.49. The van der Waals surface area contributed by atoms with Crippen LogP contribution in [0.4, 0.5) is 4.79 Å². The maximum absolute atomic E-state index is 12.0. The van der Waals surface area contributed by atoms with Crippen LogP contribution in [-0.4, -0.2) is 58.1 Å². The molecule has 0 bridgehead atoms. The quantitative estimate of drug-likeness (QED) is 0.389. The van der Waals surface area contributed by atoms with Crippen molar-refractivity contribution in [2.75, 3.05) is 25.4 Å². The van der Waals surface area contributed by atoms with Crippen LogP contribution in [0.5, 0.6) is 0 Å². The fraction of sp³-hybridized carbons (Fsp3) is 0.636. The second-order valence-corrected chi connectivity index (χ2v) is 5.62. The summed E-state index contributed by atoms with van der Waals surface area (Å²) < 4.78 is 0. The summed E-state index contributed by atoms with van der Waals surface area (Å²) in [6.07, 6.45) is 1.07. The normalized spacial score (nSPS) is 20.4. The van der Waals surface area contributed by atoms with Gasteiger partial charge in [0.25, 0.3) is 5.24 Å². The van der Waals surface area contributed by atoms with Gasteiger partial charge in [-0.2, -0.15) is 0 Å². The number of rotatable bonds is 3. The smallest absolute Gasteiger partial charge is 0.289 e. The van der Waals surface area contributed by atoms with Gasteiger partial charge >= 0.3 is 0 Å². The number of hydrazine groups is 1. The van der Waals surface area contributed by atoms with Gasteiger partial charge in [-0.1, -0.05) is 11.8 Å². The molecule has 20 heavy (non-hydrogen) atoms. The van der Waals surface area contributed by atoms with Crippen LogP contribution in [0.15, 0.2) is 0 Å². The summed E-state index contributed by atoms with van der Waals surface area (Å²) in [5.41, 5.74) is 2.11. The summed E-state index contributed by atoms with van der Waals surface area (Å²) in [6, 6.07) is 0. The number of nitrogens with zero attached hydrogens (tertiary/aromatic N) is 2. The van der Waals surface area contributed by atoms with Crippen molar-refractivity contribution in [1.29, 1.82) is 0 Å². The molecular weight excluding hydrogens is 284 g/mol. The van der Waals surface area contributed by atoms with Crippen LogP contribution >= 0.6 is 11.8 Å². The van der Waals surface area contributed by atoms with Crippen LogP contribution in [0.2, 0.25) is 0 Å². The fourth-order valence-corrected chi connectivity index (χ4v) is 3.00. The number of nitrogens with one attached hydrogen (secondary N) is 1. The number of hydrogen-bond acceptors (Lipinski definition) is 6. The Morgan fingerprint density at radius 3 is 2.45 bits per heavy atom. The molecule has 9 heteroatoms. The molecule has 0 aromatic heterocycles. The summed E-state index contributed by atoms with van der Waals surface area (Å²) in [7, 11) is 0. The van der Waals surface area contributed by atoms with Gasteiger partial charge in [0.1, 0.15) is 6.54 Å². The first-order valence-corrected chi connectivity index (χ1v) is 7.27. The van der Waals surface area contributed by atoms with E-state index in [-0.39, 0.29) is 41.2 Å². The predicted molar refractivity (Wildman–Crippen MR) is 71.2 cm³/mol. The molecule has 3 N–H and O–H groups in total. The van der Waals surface area contributed by atoms with E-state index in [0.717, 1.165) is 16.7 Å². The molecule has 8 nitrogen and oxygen atoms in total. The van der Waals surface area contributed by atoms with Gasteiger partial charge in [0.2, 0.25) is 17.7 Å². The molecule has 110 valence electrons. The van der Waals surface area contributed by atoms with Crippen LogP contribution in [0, 0.1) is 5.92 Å². The Morgan fingerprint density at radius 1 is 1.30 bits per heavy atom. The molecule has 4 amide bonds. The van der Waals surface area contributed by atoms with Gasteiger partial charge in [0, 0.05) is 19.0 Å². The zero-order valence-electron chi connectivity index (χ0n) is 10.8. The molecule has 2 fully saturated rings. The van der Waals surface area contributed by atoms with E-state index >= 15 is 0 Å². The summed E-state index contributed by atoms with van der Waals surface area (Å²) in [6.45, 7) is 0.652. The lowest BCUT2D eigenvalue weighted by molar-refractivity contribution is -0.138. The van der Waals surface area contributed by atoms with Crippen LogP contribution in [-0.2, 0) is 14.4 Å². The van der Waals surface area contributed by atoms with Gasteiger partial charge in [0.05, 0.1) is 5.75 Å². The highest BCUT2D eigenvalue weighted by molar-refractivity contribution is 8.14. The SMILES string of the molecule is NNC(=O)C1CCN(C(=O)CN2C(=O)CSC2=O)CC1. The van der Waals surface area contributed by atoms with E-state index in [1.54, 1.807) is 4.90 Å². The first-order chi connectivity index (χ1) is 9.52. The standard InChI is InChI=1S/C11H16N4O4S/c12-13-10(18)7-1-3-14(4-2-7)8(16)5-15-9(17)6-20-11(15)19/h7H,1-6,12H2,(H,13,18). The van der Waals surface area contributed by atoms with Crippen LogP contribution in [0.1, 0.15) is 12.8 Å². The van der Waals surface area contributed by atoms with E-state index in [2.05, 4.69) is 5.43 Å². The van der Waals surface area contributed by atoms with Gasteiger partial charge in [-0.15, -0.1) is 0 Å². The van der Waals surface area contributed by atoms with Crippen molar-refractivity contribution >= 4 is 34.7 Å². The molecular formula is C11H16N4O4S. The molecule has 0 saturated carbocycles. The third-order valence-corrected chi connectivity index (χ3v) is 4.35. The molecule has 2 saturated heterocycles. The lowest BCUT2D eigenvalue weighted by atomic mass is 9.96. The first-order valence-electron chi connectivity index (χ1n) is 6.28. The van der Waals surface area contributed by atoms with Gasteiger partial charge in [-0.3, -0.25) is 29.5 Å². The Hall–Kier alpha value is -1.61. The predicted octanol–water partition coefficient (Wildman–Crippen LogP) is -1.09. The number of amides is 4. The molecule has 2 aliphatic rings. The molecule has 0 aliphatic carbocycles. The Balaban J connectivity index is 1.84. The van der Waals surface area contributed by atoms with Gasteiger partial charge in [0.15, 0.2) is 0 Å². The van der Waals surface area contributed by atoms with E-state index in [4.69, 9.17) is 5.84 Å². The zero-order chi connectivity index (χ0) is 14.7. The van der Waals surface area contributed by atoms with Crippen molar-refractivity contribution < 1.29 is 19.2 Å². The molecule has 0 atom stereocenters. The van der Waals surface area contributed by atoms with E-state index in [1.165, 1.54) is 0 Å². The van der Waals surface area contributed by atoms with E-state index < -0.39 is 0 Å². The second kappa shape index (κ2) is 6.23. The number of carbonyl (C=O) groups is 4. The average Bonchev–Trinajstić information content (AvgIpc) is 2.78. The topological polar surface area (TPSA) is 113 Å². The van der Waals surface area contributed by atoms with Crippen molar-refractivity contribution in [1.82, 2.24) is 15.2 Å². The van der Waals surface area contributed by atoms with E-state index in [9.17, 15) is 19.2 Å². The minimum absolute atomic E-state index is 0.102. The molecule has 0 aromatic rings. The van der Waals surface area contributed by atoms with Crippen LogP contribution in [0.3, 0.4) is 0 Å². The van der Waals surface area contributed by atoms with Gasteiger partial charge in [-0.05, 0) is 12.8 Å². The van der Waals surface area contributed by atoms with Crippen molar-refractivity contribution in [3.63, 3.8) is 0 Å². The number of hydrogen-bond donors (Lipinski definition) is 2. The minimum atomic E-state index is -0.374. The first kappa shape index (κ1) is 14.8. The Morgan fingerprint density at radius 2 is 1.95 bits per heavy atom. The summed E-state index contributed by atoms with van der Waals surface area (Å²) in [5.74, 6) is 4.17. The van der Waals surface area contributed by atoms with E-state index in [0.29, 0.717) is 25.9 Å². The van der Waals surface area contributed by atoms with Crippen molar-refractivity contribution in [3.8, 4) is 0 Å². The molecule has 0 aromatic carbocycles. The van der Waals surface area contributed by atoms with Crippen molar-refractivity contribution in [3.05, 3.63) is 0 Å². The summed E-state index contributed by atoms with van der Waals surface area (Å²) in [5, 5.41) is -0.374. The lowest BCUT2D eigenvalue weighted by Gasteiger charge is -2.31. The summed E-state index contributed by atoms with van der Waals surface area (Å²) >= 11 is 0.909. The number of likely N-dealkylation sites (tertiary alicyclic amines) is 1. The largest absolute Gasteiger partial charge is 0.341 e. The number of thioether (sulfide) groups is 1. The zero-order valence-corrected chi connectivity index (χ0v) is 11.6. The molecule has 0 radical (unpaired) electrons. The maximum atomic E-state index is 12.0. The van der Waals surface area contributed by atoms with Crippen LogP contribution in [0.25, 0.3) is 0 Å². The fourth-order valence-electron chi connectivity index (χ4n) is 2.28. The Kier molecular flexibility index (Phi) is 4.61. The van der Waals surface area contributed by atoms with Crippen LogP contribution < -0.4 is 11.3 Å². The molecule has 0 unspecified atom stereocenters. The monoisotopic (exact) mass is 300 g/mol. The number of nitrogens with two attached hydrogens (primary N) is 1. The molecule has 2 aliphatic heterocycles.